The molecule has 3 aromatic carbocycles. The first kappa shape index (κ1) is 34.5. The summed E-state index contributed by atoms with van der Waals surface area (Å²) in [4.78, 5) is 21.9. The van der Waals surface area contributed by atoms with Gasteiger partial charge in [0, 0.05) is 54.8 Å². The molecule has 5 aromatic rings. The van der Waals surface area contributed by atoms with E-state index in [2.05, 4.69) is 45.9 Å². The predicted octanol–water partition coefficient (Wildman–Crippen LogP) is 10.6. The molecule has 45 heavy (non-hydrogen) atoms. The van der Waals surface area contributed by atoms with Crippen LogP contribution in [0.4, 0.5) is 0 Å². The molecule has 6 heteroatoms. The number of hydrogen-bond donors (Lipinski definition) is 1. The van der Waals surface area contributed by atoms with Crippen LogP contribution in [0.5, 0.6) is 0 Å². The number of hydrogen-bond acceptors (Lipinski definition) is 5. The van der Waals surface area contributed by atoms with Gasteiger partial charge in [-0.1, -0.05) is 91.1 Å². The van der Waals surface area contributed by atoms with Crippen molar-refractivity contribution in [3.63, 3.8) is 0 Å². The molecule has 1 radical (unpaired) electrons. The van der Waals surface area contributed by atoms with E-state index in [9.17, 15) is 9.90 Å². The molecule has 0 unspecified atom stereocenters. The van der Waals surface area contributed by atoms with Crippen molar-refractivity contribution >= 4 is 38.8 Å². The van der Waals surface area contributed by atoms with Crippen molar-refractivity contribution in [3.05, 3.63) is 83.3 Å². The van der Waals surface area contributed by atoms with Crippen molar-refractivity contribution < 1.29 is 34.4 Å². The number of carbonyl (C=O) groups is 1. The Labute approximate surface area is 280 Å². The molecule has 6 rings (SSSR count). The Bertz CT molecular complexity index is 1860. The smallest absolute Gasteiger partial charge is 0.162 e. The zero-order chi connectivity index (χ0) is 31.8. The van der Waals surface area contributed by atoms with Crippen LogP contribution in [0.2, 0.25) is 0 Å². The van der Waals surface area contributed by atoms with E-state index in [0.717, 1.165) is 70.2 Å². The number of furan rings is 1. The molecule has 1 aliphatic carbocycles. The van der Waals surface area contributed by atoms with Gasteiger partial charge in [-0.05, 0) is 60.2 Å². The second kappa shape index (κ2) is 14.0. The van der Waals surface area contributed by atoms with Crippen molar-refractivity contribution in [1.82, 2.24) is 9.97 Å². The van der Waals surface area contributed by atoms with E-state index in [1.54, 1.807) is 0 Å². The molecular formula is C39H45IrN2O3-. The van der Waals surface area contributed by atoms with Crippen LogP contribution in [-0.2, 0) is 30.3 Å². The first-order valence-electron chi connectivity index (χ1n) is 16.2. The number of aromatic nitrogens is 2. The third kappa shape index (κ3) is 6.24. The summed E-state index contributed by atoms with van der Waals surface area (Å²) >= 11 is 0. The molecule has 0 atom stereocenters. The molecule has 2 heterocycles. The van der Waals surface area contributed by atoms with Crippen molar-refractivity contribution in [3.8, 4) is 11.3 Å². The minimum atomic E-state index is -0.316. The summed E-state index contributed by atoms with van der Waals surface area (Å²) in [7, 11) is 0. The van der Waals surface area contributed by atoms with Gasteiger partial charge in [0.1, 0.15) is 5.58 Å². The maximum Gasteiger partial charge on any atom is 0.162 e. The second-order valence-electron chi connectivity index (χ2n) is 12.8. The van der Waals surface area contributed by atoms with E-state index < -0.39 is 0 Å². The molecule has 0 saturated heterocycles. The van der Waals surface area contributed by atoms with Gasteiger partial charge in [-0.15, -0.1) is 17.7 Å². The third-order valence-corrected chi connectivity index (χ3v) is 9.39. The van der Waals surface area contributed by atoms with Crippen LogP contribution in [0.25, 0.3) is 44.2 Å². The number of aliphatic hydroxyl groups excluding tert-OH is 1. The largest absolute Gasteiger partial charge is 0.512 e. The second-order valence-corrected chi connectivity index (χ2v) is 12.8. The summed E-state index contributed by atoms with van der Waals surface area (Å²) < 4.78 is 6.43. The Balaban J connectivity index is 0.000000249. The molecule has 0 bridgehead atoms. The number of benzene rings is 3. The van der Waals surface area contributed by atoms with Crippen LogP contribution >= 0.6 is 0 Å². The van der Waals surface area contributed by atoms with Gasteiger partial charge >= 0.3 is 0 Å². The van der Waals surface area contributed by atoms with E-state index in [1.807, 2.05) is 64.1 Å². The summed E-state index contributed by atoms with van der Waals surface area (Å²) in [6, 6.07) is 20.0. The molecule has 1 aliphatic rings. The van der Waals surface area contributed by atoms with Crippen LogP contribution in [0.1, 0.15) is 104 Å². The van der Waals surface area contributed by atoms with E-state index >= 15 is 0 Å². The van der Waals surface area contributed by atoms with Gasteiger partial charge in [0.25, 0.3) is 0 Å². The Morgan fingerprint density at radius 1 is 0.911 bits per heavy atom. The number of aliphatic hydroxyl groups is 1. The van der Waals surface area contributed by atoms with Gasteiger partial charge in [-0.3, -0.25) is 14.8 Å². The molecule has 0 amide bonds. The van der Waals surface area contributed by atoms with Gasteiger partial charge < -0.3 is 9.52 Å². The predicted molar refractivity (Wildman–Crippen MR) is 181 cm³/mol. The maximum atomic E-state index is 11.7. The summed E-state index contributed by atoms with van der Waals surface area (Å²) in [6.07, 6.45) is 4.91. The summed E-state index contributed by atoms with van der Waals surface area (Å²) in [5, 5.41) is 12.1. The summed E-state index contributed by atoms with van der Waals surface area (Å²) in [5.41, 5.74) is 8.75. The summed E-state index contributed by atoms with van der Waals surface area (Å²) in [5.74, 6) is 0.927. The summed E-state index contributed by atoms with van der Waals surface area (Å²) in [6.45, 7) is 17.0. The van der Waals surface area contributed by atoms with Crippen LogP contribution < -0.4 is 0 Å². The van der Waals surface area contributed by atoms with E-state index in [0.29, 0.717) is 5.92 Å². The van der Waals surface area contributed by atoms with Gasteiger partial charge in [0.05, 0.1) is 22.4 Å². The Morgan fingerprint density at radius 3 is 2.13 bits per heavy atom. The van der Waals surface area contributed by atoms with Gasteiger partial charge in [0.15, 0.2) is 5.78 Å². The van der Waals surface area contributed by atoms with E-state index in [4.69, 9.17) is 14.4 Å². The molecule has 0 saturated carbocycles. The minimum absolute atomic E-state index is 0. The average molecular weight is 782 g/mol. The normalized spacial score (nSPS) is 13.7. The number of rotatable bonds is 8. The number of fused-ring (bicyclic) bond motifs is 3. The van der Waals surface area contributed by atoms with E-state index in [-0.39, 0.29) is 48.9 Å². The molecule has 2 aromatic heterocycles. The first-order valence-corrected chi connectivity index (χ1v) is 16.2. The fraction of sp³-hybridized carbons (Fsp3) is 0.410. The van der Waals surface area contributed by atoms with E-state index in [1.165, 1.54) is 22.6 Å². The number of para-hydroxylation sites is 2. The number of nitrogens with zero attached hydrogens (tertiary/aromatic N) is 2. The Hall–Kier alpha value is -3.34. The van der Waals surface area contributed by atoms with Crippen LogP contribution in [0, 0.1) is 17.9 Å². The Kier molecular flexibility index (Phi) is 10.7. The molecule has 0 spiro atoms. The van der Waals surface area contributed by atoms with Crippen LogP contribution in [-0.4, -0.2) is 20.9 Å². The molecule has 5 nitrogen and oxygen atoms in total. The number of carbonyl (C=O) groups excluding carboxylic acids is 1. The molecule has 0 aliphatic heterocycles. The topological polar surface area (TPSA) is 76.2 Å². The van der Waals surface area contributed by atoms with Gasteiger partial charge in [0.2, 0.25) is 0 Å². The van der Waals surface area contributed by atoms with Gasteiger partial charge in [-0.25, -0.2) is 0 Å². The monoisotopic (exact) mass is 782 g/mol. The van der Waals surface area contributed by atoms with Crippen LogP contribution in [0.3, 0.4) is 0 Å². The maximum absolute atomic E-state index is 11.7. The van der Waals surface area contributed by atoms with Crippen molar-refractivity contribution in [2.75, 3.05) is 0 Å². The van der Waals surface area contributed by atoms with Crippen molar-refractivity contribution in [1.29, 1.82) is 0 Å². The zero-order valence-electron chi connectivity index (χ0n) is 27.7. The average Bonchev–Trinajstić information content (AvgIpc) is 3.38. The zero-order valence-corrected chi connectivity index (χ0v) is 30.1. The first-order chi connectivity index (χ1) is 21.1. The molecular weight excluding hydrogens is 737 g/mol. The SMILES string of the molecule is CC(C)c1ccc2c3c1oc1cc[c-]c(c13)-c1nc3ccccc3nc1C2(C)C.CCC(CC)C(=O)/C=C(\O)C(CC)CC.[Ir]. The number of ketones is 1. The van der Waals surface area contributed by atoms with Crippen LogP contribution in [0.15, 0.2) is 64.8 Å². The fourth-order valence-electron chi connectivity index (χ4n) is 6.56. The molecule has 0 fully saturated rings. The molecule has 1 N–H and O–H groups in total. The van der Waals surface area contributed by atoms with Gasteiger partial charge in [-0.2, -0.15) is 0 Å². The molecule has 239 valence electrons. The Morgan fingerprint density at radius 2 is 1.53 bits per heavy atom. The minimum Gasteiger partial charge on any atom is -0.512 e. The van der Waals surface area contributed by atoms with Crippen molar-refractivity contribution in [2.45, 2.75) is 92.4 Å². The fourth-order valence-corrected chi connectivity index (χ4v) is 6.56. The van der Waals surface area contributed by atoms with Crippen molar-refractivity contribution in [2.24, 2.45) is 11.8 Å². The number of allylic oxidation sites excluding steroid dienone is 2. The third-order valence-electron chi connectivity index (χ3n) is 9.39. The standard InChI is InChI=1S/C26H21N2O.C13H24O2.Ir/c1-14(2)15-12-13-17-22-21-16(8-7-11-20(21)29-24(15)22)23-25(26(17,3)4)28-19-10-6-5-9-18(19)27-23;1-5-10(6-2)12(14)9-13(15)11(7-3)8-4;/h5-7,9-14H,1-4H3;9-11,14H,5-8H2,1-4H3;/q-1;;/b;12-9-;. The quantitative estimate of drug-likeness (QED) is 0.0964.